The molecule has 0 saturated heterocycles. The summed E-state index contributed by atoms with van der Waals surface area (Å²) in [5, 5.41) is 0. The fourth-order valence-electron chi connectivity index (χ4n) is 0. The maximum atomic E-state index is 0. The van der Waals surface area contributed by atoms with E-state index < -0.39 is 0 Å². The Balaban J connectivity index is 0. The molecule has 2 atom stereocenters. The zero-order valence-electron chi connectivity index (χ0n) is 4.61. The van der Waals surface area contributed by atoms with Crippen LogP contribution in [-0.4, -0.2) is 34.7 Å². The van der Waals surface area contributed by atoms with Crippen LogP contribution in [0.5, 0.6) is 0 Å². The van der Waals surface area contributed by atoms with E-state index in [2.05, 4.69) is 0 Å². The van der Waals surface area contributed by atoms with Gasteiger partial charge >= 0.3 is 34.7 Å². The molecule has 0 aliphatic rings. The third-order valence-electron chi connectivity index (χ3n) is 0. The zero-order chi connectivity index (χ0) is 0. The monoisotopic (exact) mass is 274 g/mol. The standard InChI is InChI=1S/2Al.2Cr.3O.2H3P/h;;;;;;;2*1H3/q2*+3;;;3*-2;;. The molecule has 0 heterocycles. The van der Waals surface area contributed by atoms with E-state index in [9.17, 15) is 0 Å². The third kappa shape index (κ3) is 104. The third-order valence-corrected chi connectivity index (χ3v) is 0. The molecule has 0 saturated carbocycles. The van der Waals surface area contributed by atoms with E-state index in [1.54, 1.807) is 0 Å². The first-order valence-electron chi connectivity index (χ1n) is 0. The molecule has 9 heteroatoms. The van der Waals surface area contributed by atoms with Crippen molar-refractivity contribution in [1.29, 1.82) is 0 Å². The summed E-state index contributed by atoms with van der Waals surface area (Å²) in [5.74, 6) is 0. The maximum Gasteiger partial charge on any atom is 3.00 e. The topological polar surface area (TPSA) is 85.5 Å². The fourth-order valence-corrected chi connectivity index (χ4v) is 0. The molecule has 0 spiro atoms. The summed E-state index contributed by atoms with van der Waals surface area (Å²) in [6.07, 6.45) is 0. The SMILES string of the molecule is P.P.[Al+3].[Al+3].[Cr].[Cr].[O-2].[O-2].[O-2]. The average Bonchev–Trinajstić information content (AvgIpc) is 0. The van der Waals surface area contributed by atoms with Crippen molar-refractivity contribution in [3.05, 3.63) is 0 Å². The van der Waals surface area contributed by atoms with Crippen molar-refractivity contribution in [2.75, 3.05) is 0 Å². The number of hydrogen-bond donors (Lipinski definition) is 0. The molecule has 0 fully saturated rings. The molecule has 0 aromatic carbocycles. The Morgan fingerprint density at radius 2 is 0.444 bits per heavy atom. The van der Waals surface area contributed by atoms with Crippen molar-refractivity contribution < 1.29 is 51.2 Å². The Morgan fingerprint density at radius 3 is 0.444 bits per heavy atom. The molecule has 0 aromatic rings. The normalized spacial score (nSPS) is 0. The van der Waals surface area contributed by atoms with Crippen LogP contribution in [0.2, 0.25) is 0 Å². The minimum Gasteiger partial charge on any atom is -2.00 e. The van der Waals surface area contributed by atoms with Crippen molar-refractivity contribution >= 4 is 54.5 Å². The summed E-state index contributed by atoms with van der Waals surface area (Å²) in [6, 6.07) is 0. The fraction of sp³-hybridized carbons (Fsp3) is 0. The van der Waals surface area contributed by atoms with Gasteiger partial charge in [-0.05, 0) is 0 Å². The molecule has 0 radical (unpaired) electrons. The Bertz CT molecular complexity index is 17.8. The molecule has 0 aliphatic heterocycles. The quantitative estimate of drug-likeness (QED) is 0.400. The first kappa shape index (κ1) is 170. The molecular formula is H6Al2Cr2O3P2. The Labute approximate surface area is 105 Å². The molecular weight excluding hydrogens is 268 g/mol. The van der Waals surface area contributed by atoms with Gasteiger partial charge in [-0.15, -0.1) is 0 Å². The van der Waals surface area contributed by atoms with Crippen LogP contribution in [0.3, 0.4) is 0 Å². The molecule has 52 valence electrons. The predicted molar refractivity (Wildman–Crippen MR) is 35.8 cm³/mol. The first-order valence-corrected chi connectivity index (χ1v) is 0. The molecule has 0 N–H and O–H groups in total. The Hall–Kier alpha value is 2.87. The van der Waals surface area contributed by atoms with Gasteiger partial charge in [-0.25, -0.2) is 0 Å². The van der Waals surface area contributed by atoms with Crippen LogP contribution in [0.15, 0.2) is 0 Å². The van der Waals surface area contributed by atoms with Gasteiger partial charge in [0.2, 0.25) is 0 Å². The maximum absolute atomic E-state index is 0. The van der Waals surface area contributed by atoms with Crippen LogP contribution >= 0.6 is 19.8 Å². The average molecular weight is 274 g/mol. The molecule has 0 aromatic heterocycles. The van der Waals surface area contributed by atoms with Crippen molar-refractivity contribution in [1.82, 2.24) is 0 Å². The van der Waals surface area contributed by atoms with E-state index in [4.69, 9.17) is 0 Å². The van der Waals surface area contributed by atoms with Gasteiger partial charge in [-0.2, -0.15) is 19.8 Å². The second-order valence-electron chi connectivity index (χ2n) is 0. The number of hydrogen-bond acceptors (Lipinski definition) is 0. The van der Waals surface area contributed by atoms with E-state index in [1.807, 2.05) is 0 Å². The first-order chi connectivity index (χ1) is 0. The van der Waals surface area contributed by atoms with Gasteiger partial charge < -0.3 is 16.4 Å². The molecule has 0 rings (SSSR count). The van der Waals surface area contributed by atoms with Crippen LogP contribution in [0.25, 0.3) is 0 Å². The van der Waals surface area contributed by atoms with E-state index >= 15 is 0 Å². The van der Waals surface area contributed by atoms with Crippen molar-refractivity contribution in [2.45, 2.75) is 0 Å². The van der Waals surface area contributed by atoms with Crippen molar-refractivity contribution in [3.8, 4) is 0 Å². The second kappa shape index (κ2) is 129. The predicted octanol–water partition coefficient (Wildman–Crippen LogP) is -1.01. The number of rotatable bonds is 0. The Kier molecular flexibility index (Phi) is 2430. The second-order valence-corrected chi connectivity index (χ2v) is 0. The molecule has 0 aliphatic carbocycles. The summed E-state index contributed by atoms with van der Waals surface area (Å²) in [6.45, 7) is 0. The summed E-state index contributed by atoms with van der Waals surface area (Å²) in [4.78, 5) is 0. The summed E-state index contributed by atoms with van der Waals surface area (Å²) < 4.78 is 0. The van der Waals surface area contributed by atoms with E-state index in [1.165, 1.54) is 0 Å². The smallest absolute Gasteiger partial charge is 2.00 e. The largest absolute Gasteiger partial charge is 3.00 e. The molecule has 0 bridgehead atoms. The van der Waals surface area contributed by atoms with E-state index in [-0.39, 0.29) is 106 Å². The van der Waals surface area contributed by atoms with Gasteiger partial charge in [-0.1, -0.05) is 0 Å². The van der Waals surface area contributed by atoms with E-state index in [0.29, 0.717) is 0 Å². The molecule has 9 heavy (non-hydrogen) atoms. The van der Waals surface area contributed by atoms with Crippen LogP contribution < -0.4 is 0 Å². The van der Waals surface area contributed by atoms with Crippen LogP contribution in [0, 0.1) is 0 Å². The van der Waals surface area contributed by atoms with Crippen molar-refractivity contribution in [3.63, 3.8) is 0 Å². The van der Waals surface area contributed by atoms with Gasteiger partial charge in [0.25, 0.3) is 0 Å². The summed E-state index contributed by atoms with van der Waals surface area (Å²) in [7, 11) is 0. The molecule has 3 nitrogen and oxygen atoms in total. The summed E-state index contributed by atoms with van der Waals surface area (Å²) >= 11 is 0. The van der Waals surface area contributed by atoms with Crippen LogP contribution in [0.1, 0.15) is 0 Å². The van der Waals surface area contributed by atoms with Gasteiger partial charge in [0, 0.05) is 34.7 Å². The Morgan fingerprint density at radius 1 is 0.444 bits per heavy atom. The van der Waals surface area contributed by atoms with Gasteiger partial charge in [0.15, 0.2) is 0 Å². The summed E-state index contributed by atoms with van der Waals surface area (Å²) in [5.41, 5.74) is 0. The van der Waals surface area contributed by atoms with Crippen LogP contribution in [0.4, 0.5) is 0 Å². The van der Waals surface area contributed by atoms with Crippen molar-refractivity contribution in [2.24, 2.45) is 0 Å². The minimum absolute atomic E-state index is 0. The van der Waals surface area contributed by atoms with Crippen LogP contribution in [-0.2, 0) is 51.2 Å². The van der Waals surface area contributed by atoms with E-state index in [0.717, 1.165) is 0 Å². The van der Waals surface area contributed by atoms with Gasteiger partial charge in [-0.3, -0.25) is 0 Å². The molecule has 2 unspecified atom stereocenters. The zero-order valence-corrected chi connectivity index (χ0v) is 12.3. The molecule has 0 amide bonds. The van der Waals surface area contributed by atoms with Gasteiger partial charge in [0.05, 0.1) is 0 Å². The minimum atomic E-state index is 0. The van der Waals surface area contributed by atoms with Gasteiger partial charge in [0.1, 0.15) is 0 Å².